The van der Waals surface area contributed by atoms with Crippen molar-refractivity contribution in [2.75, 3.05) is 18.5 Å². The van der Waals surface area contributed by atoms with Gasteiger partial charge in [-0.15, -0.1) is 0 Å². The molecule has 0 unspecified atom stereocenters. The first kappa shape index (κ1) is 27.9. The van der Waals surface area contributed by atoms with Crippen LogP contribution in [-0.2, 0) is 14.3 Å². The van der Waals surface area contributed by atoms with Gasteiger partial charge in [-0.25, -0.2) is 4.79 Å². The Balaban J connectivity index is 1.46. The highest BCUT2D eigenvalue weighted by atomic mass is 35.5. The lowest BCUT2D eigenvalue weighted by Gasteiger charge is -2.13. The van der Waals surface area contributed by atoms with Crippen molar-refractivity contribution in [2.24, 2.45) is 0 Å². The molecule has 0 saturated carbocycles. The fourth-order valence-corrected chi connectivity index (χ4v) is 4.69. The molecule has 200 valence electrons. The average molecular weight is 590 g/mol. The minimum atomic E-state index is -0.713. The number of nitro groups is 1. The van der Waals surface area contributed by atoms with Gasteiger partial charge in [0.25, 0.3) is 16.8 Å². The zero-order valence-electron chi connectivity index (χ0n) is 19.9. The number of rotatable bonds is 8. The first-order valence-electron chi connectivity index (χ1n) is 11.1. The van der Waals surface area contributed by atoms with Crippen molar-refractivity contribution in [1.82, 2.24) is 4.90 Å². The van der Waals surface area contributed by atoms with Crippen LogP contribution in [0.25, 0.3) is 17.4 Å². The minimum Gasteiger partial charge on any atom is -0.462 e. The summed E-state index contributed by atoms with van der Waals surface area (Å²) in [7, 11) is 0. The van der Waals surface area contributed by atoms with Crippen LogP contribution in [0.1, 0.15) is 23.0 Å². The summed E-state index contributed by atoms with van der Waals surface area (Å²) in [6.45, 7) is 1.20. The van der Waals surface area contributed by atoms with Crippen molar-refractivity contribution >= 4 is 75.4 Å². The smallest absolute Gasteiger partial charge is 0.339 e. The second kappa shape index (κ2) is 11.7. The van der Waals surface area contributed by atoms with Gasteiger partial charge in [0.15, 0.2) is 0 Å². The van der Waals surface area contributed by atoms with Gasteiger partial charge in [0, 0.05) is 29.5 Å². The van der Waals surface area contributed by atoms with Crippen LogP contribution in [0.4, 0.5) is 16.2 Å². The van der Waals surface area contributed by atoms with E-state index in [0.29, 0.717) is 11.8 Å². The van der Waals surface area contributed by atoms with Gasteiger partial charge in [0.05, 0.1) is 32.0 Å². The van der Waals surface area contributed by atoms with E-state index in [1.165, 1.54) is 54.6 Å². The van der Waals surface area contributed by atoms with Crippen LogP contribution in [0.15, 0.2) is 57.9 Å². The molecular formula is C25H17Cl2N3O8S. The lowest BCUT2D eigenvalue weighted by Crippen LogP contribution is -2.36. The maximum atomic E-state index is 12.8. The molecule has 4 rings (SSSR count). The number of carbonyl (C=O) groups excluding carboxylic acids is 4. The second-order valence-corrected chi connectivity index (χ2v) is 9.66. The van der Waals surface area contributed by atoms with E-state index in [9.17, 15) is 29.3 Å². The molecule has 0 spiro atoms. The van der Waals surface area contributed by atoms with Gasteiger partial charge in [0.1, 0.15) is 18.1 Å². The Kier molecular flexibility index (Phi) is 8.38. The lowest BCUT2D eigenvalue weighted by molar-refractivity contribution is -0.384. The Morgan fingerprint density at radius 3 is 2.59 bits per heavy atom. The molecule has 1 saturated heterocycles. The summed E-state index contributed by atoms with van der Waals surface area (Å²) in [5.74, 6) is -1.65. The molecule has 0 radical (unpaired) electrons. The molecule has 3 amide bonds. The molecule has 0 aliphatic carbocycles. The summed E-state index contributed by atoms with van der Waals surface area (Å²) in [6, 6.07) is 11.1. The average Bonchev–Trinajstić information content (AvgIpc) is 3.45. The highest BCUT2D eigenvalue weighted by Crippen LogP contribution is 2.36. The van der Waals surface area contributed by atoms with Gasteiger partial charge in [-0.3, -0.25) is 29.4 Å². The Bertz CT molecular complexity index is 1550. The van der Waals surface area contributed by atoms with Gasteiger partial charge in [0.2, 0.25) is 5.91 Å². The topological polar surface area (TPSA) is 149 Å². The fourth-order valence-electron chi connectivity index (χ4n) is 3.47. The standard InChI is InChI=1S/C25H17Cl2N3O8S/c1-2-37-24(33)17-9-13(3-6-19(17)27)28-22(31)12-29-23(32)21(39-25(29)34)11-15-5-8-20(38-15)16-10-14(30(35)36)4-7-18(16)26/h3-11H,2,12H2,1H3,(H,28,31)/b21-11+. The number of amides is 3. The number of nitro benzene ring substituents is 1. The number of imide groups is 1. The first-order valence-corrected chi connectivity index (χ1v) is 12.7. The van der Waals surface area contributed by atoms with Crippen LogP contribution in [0, 0.1) is 10.1 Å². The number of furan rings is 1. The predicted octanol–water partition coefficient (Wildman–Crippen LogP) is 6.01. The van der Waals surface area contributed by atoms with Crippen molar-refractivity contribution in [1.29, 1.82) is 0 Å². The third-order valence-corrected chi connectivity index (χ3v) is 6.81. The summed E-state index contributed by atoms with van der Waals surface area (Å²) in [5, 5.41) is 13.3. The highest BCUT2D eigenvalue weighted by Gasteiger charge is 2.36. The predicted molar refractivity (Wildman–Crippen MR) is 145 cm³/mol. The molecule has 1 N–H and O–H groups in total. The van der Waals surface area contributed by atoms with Crippen LogP contribution >= 0.6 is 35.0 Å². The monoisotopic (exact) mass is 589 g/mol. The maximum absolute atomic E-state index is 12.8. The Morgan fingerprint density at radius 2 is 1.87 bits per heavy atom. The van der Waals surface area contributed by atoms with Gasteiger partial charge in [-0.05, 0) is 55.1 Å². The molecule has 11 nitrogen and oxygen atoms in total. The number of carbonyl (C=O) groups is 4. The van der Waals surface area contributed by atoms with E-state index in [2.05, 4.69) is 5.32 Å². The van der Waals surface area contributed by atoms with E-state index in [1.54, 1.807) is 6.92 Å². The summed E-state index contributed by atoms with van der Waals surface area (Å²) >= 11 is 12.8. The summed E-state index contributed by atoms with van der Waals surface area (Å²) in [4.78, 5) is 61.2. The van der Waals surface area contributed by atoms with Crippen LogP contribution in [0.3, 0.4) is 0 Å². The summed E-state index contributed by atoms with van der Waals surface area (Å²) in [6.07, 6.45) is 1.32. The van der Waals surface area contributed by atoms with Gasteiger partial charge < -0.3 is 14.5 Å². The number of halogens is 2. The molecular weight excluding hydrogens is 573 g/mol. The first-order chi connectivity index (χ1) is 18.6. The van der Waals surface area contributed by atoms with Crippen molar-refractivity contribution in [3.8, 4) is 11.3 Å². The number of hydrogen-bond acceptors (Lipinski definition) is 9. The molecule has 0 atom stereocenters. The zero-order chi connectivity index (χ0) is 28.3. The molecule has 1 fully saturated rings. The normalized spacial score (nSPS) is 14.1. The number of nitrogens with one attached hydrogen (secondary N) is 1. The molecule has 0 bridgehead atoms. The number of hydrogen-bond donors (Lipinski definition) is 1. The SMILES string of the molecule is CCOC(=O)c1cc(NC(=O)CN2C(=O)S/C(=C/c3ccc(-c4cc([N+](=O)[O-])ccc4Cl)o3)C2=O)ccc1Cl. The zero-order valence-corrected chi connectivity index (χ0v) is 22.3. The van der Waals surface area contributed by atoms with Crippen LogP contribution in [-0.4, -0.2) is 46.0 Å². The fraction of sp³-hybridized carbons (Fsp3) is 0.120. The molecule has 2 aromatic carbocycles. The van der Waals surface area contributed by atoms with E-state index < -0.39 is 34.5 Å². The number of non-ortho nitro benzene ring substituents is 1. The second-order valence-electron chi connectivity index (χ2n) is 7.85. The van der Waals surface area contributed by atoms with Crippen molar-refractivity contribution in [3.63, 3.8) is 0 Å². The highest BCUT2D eigenvalue weighted by molar-refractivity contribution is 8.18. The van der Waals surface area contributed by atoms with Gasteiger partial charge >= 0.3 is 5.97 Å². The number of esters is 1. The van der Waals surface area contributed by atoms with Crippen molar-refractivity contribution in [3.05, 3.63) is 84.9 Å². The van der Waals surface area contributed by atoms with Crippen LogP contribution in [0.5, 0.6) is 0 Å². The maximum Gasteiger partial charge on any atom is 0.339 e. The molecule has 1 aliphatic heterocycles. The van der Waals surface area contributed by atoms with E-state index in [-0.39, 0.29) is 55.6 Å². The van der Waals surface area contributed by atoms with Gasteiger partial charge in [-0.1, -0.05) is 23.2 Å². The molecule has 39 heavy (non-hydrogen) atoms. The Morgan fingerprint density at radius 1 is 1.13 bits per heavy atom. The number of benzene rings is 2. The third kappa shape index (κ3) is 6.30. The number of thioether (sulfide) groups is 1. The van der Waals surface area contributed by atoms with E-state index >= 15 is 0 Å². The molecule has 2 heterocycles. The Hall–Kier alpha value is -4.13. The summed E-state index contributed by atoms with van der Waals surface area (Å²) < 4.78 is 10.6. The van der Waals surface area contributed by atoms with Crippen molar-refractivity contribution in [2.45, 2.75) is 6.92 Å². The largest absolute Gasteiger partial charge is 0.462 e. The molecule has 14 heteroatoms. The molecule has 3 aromatic rings. The number of anilines is 1. The van der Waals surface area contributed by atoms with E-state index in [4.69, 9.17) is 32.4 Å². The van der Waals surface area contributed by atoms with Gasteiger partial charge in [-0.2, -0.15) is 0 Å². The molecule has 1 aliphatic rings. The molecule has 1 aromatic heterocycles. The number of ether oxygens (including phenoxy) is 1. The minimum absolute atomic E-state index is 0.00919. The van der Waals surface area contributed by atoms with Crippen LogP contribution < -0.4 is 5.32 Å². The van der Waals surface area contributed by atoms with Crippen LogP contribution in [0.2, 0.25) is 10.0 Å². The Labute approximate surface area is 234 Å². The van der Waals surface area contributed by atoms with E-state index in [0.717, 1.165) is 4.90 Å². The van der Waals surface area contributed by atoms with E-state index in [1.807, 2.05) is 0 Å². The summed E-state index contributed by atoms with van der Waals surface area (Å²) in [5.41, 5.74) is 0.374. The third-order valence-electron chi connectivity index (χ3n) is 5.25. The number of nitrogens with zero attached hydrogens (tertiary/aromatic N) is 2. The lowest BCUT2D eigenvalue weighted by atomic mass is 10.1. The van der Waals surface area contributed by atoms with Crippen molar-refractivity contribution < 1.29 is 33.3 Å². The quantitative estimate of drug-likeness (QED) is 0.144.